The molecule has 108 valence electrons. The number of ether oxygens (including phenoxy) is 1. The number of carbonyl (C=O) groups excluding carboxylic acids is 1. The molecule has 4 heteroatoms. The number of hydrogen-bond donors (Lipinski definition) is 1. The fourth-order valence-corrected chi connectivity index (χ4v) is 2.64. The Balaban J connectivity index is 2.31. The Bertz CT molecular complexity index is 499. The number of benzene rings is 1. The van der Waals surface area contributed by atoms with Crippen molar-refractivity contribution in [1.29, 1.82) is 0 Å². The van der Waals surface area contributed by atoms with E-state index in [9.17, 15) is 4.79 Å². The van der Waals surface area contributed by atoms with Gasteiger partial charge in [0.05, 0.1) is 11.3 Å². The van der Waals surface area contributed by atoms with Gasteiger partial charge in [0.1, 0.15) is 6.61 Å². The molecule has 2 rings (SSSR count). The molecule has 1 aliphatic rings. The van der Waals surface area contributed by atoms with Crippen LogP contribution in [0.5, 0.6) is 0 Å². The Hall–Kier alpha value is -1.97. The number of carbonyl (C=O) groups is 1. The highest BCUT2D eigenvalue weighted by Gasteiger charge is 2.23. The number of anilines is 2. The Morgan fingerprint density at radius 3 is 3.05 bits per heavy atom. The first kappa shape index (κ1) is 14.4. The summed E-state index contributed by atoms with van der Waals surface area (Å²) < 4.78 is 5.16. The Morgan fingerprint density at radius 1 is 1.55 bits per heavy atom. The van der Waals surface area contributed by atoms with Gasteiger partial charge in [0, 0.05) is 18.3 Å². The van der Waals surface area contributed by atoms with Crippen LogP contribution >= 0.6 is 0 Å². The van der Waals surface area contributed by atoms with E-state index in [2.05, 4.69) is 18.4 Å². The third kappa shape index (κ3) is 3.13. The lowest BCUT2D eigenvalue weighted by molar-refractivity contribution is 0.0550. The van der Waals surface area contributed by atoms with Crippen LogP contribution in [0.3, 0.4) is 0 Å². The van der Waals surface area contributed by atoms with E-state index in [1.807, 2.05) is 12.1 Å². The number of rotatable bonds is 4. The molecule has 1 aromatic carbocycles. The molecule has 0 saturated carbocycles. The molecule has 1 fully saturated rings. The van der Waals surface area contributed by atoms with Crippen LogP contribution in [0.25, 0.3) is 0 Å². The lowest BCUT2D eigenvalue weighted by atomic mass is 10.0. The smallest absolute Gasteiger partial charge is 0.340 e. The average molecular weight is 274 g/mol. The van der Waals surface area contributed by atoms with Crippen LogP contribution in [-0.4, -0.2) is 25.2 Å². The molecule has 1 heterocycles. The van der Waals surface area contributed by atoms with Gasteiger partial charge in [0.15, 0.2) is 0 Å². The number of hydrogen-bond acceptors (Lipinski definition) is 4. The maximum atomic E-state index is 12.2. The number of nitrogens with two attached hydrogens (primary N) is 1. The van der Waals surface area contributed by atoms with Crippen molar-refractivity contribution >= 4 is 17.3 Å². The van der Waals surface area contributed by atoms with E-state index in [-0.39, 0.29) is 12.6 Å². The van der Waals surface area contributed by atoms with Crippen LogP contribution in [-0.2, 0) is 4.74 Å². The van der Waals surface area contributed by atoms with Gasteiger partial charge in [-0.2, -0.15) is 0 Å². The lowest BCUT2D eigenvalue weighted by Crippen LogP contribution is -2.38. The number of nitrogens with zero attached hydrogens (tertiary/aromatic N) is 1. The maximum Gasteiger partial charge on any atom is 0.340 e. The molecule has 20 heavy (non-hydrogen) atoms. The predicted molar refractivity (Wildman–Crippen MR) is 82.0 cm³/mol. The number of esters is 1. The van der Waals surface area contributed by atoms with Gasteiger partial charge in [-0.05, 0) is 44.4 Å². The fourth-order valence-electron chi connectivity index (χ4n) is 2.64. The second-order valence-corrected chi connectivity index (χ2v) is 5.20. The van der Waals surface area contributed by atoms with Crippen molar-refractivity contribution in [3.63, 3.8) is 0 Å². The molecule has 4 nitrogen and oxygen atoms in total. The molecule has 2 N–H and O–H groups in total. The van der Waals surface area contributed by atoms with E-state index in [0.29, 0.717) is 17.3 Å². The molecule has 1 saturated heterocycles. The van der Waals surface area contributed by atoms with E-state index in [1.165, 1.54) is 6.42 Å². The van der Waals surface area contributed by atoms with E-state index in [0.717, 1.165) is 25.1 Å². The van der Waals surface area contributed by atoms with Gasteiger partial charge in [0.25, 0.3) is 0 Å². The Kier molecular flexibility index (Phi) is 4.66. The highest BCUT2D eigenvalue weighted by molar-refractivity contribution is 5.97. The minimum Gasteiger partial charge on any atom is -0.458 e. The summed E-state index contributed by atoms with van der Waals surface area (Å²) in [7, 11) is 0. The summed E-state index contributed by atoms with van der Waals surface area (Å²) in [6.45, 7) is 6.92. The Labute approximate surface area is 120 Å². The largest absolute Gasteiger partial charge is 0.458 e. The molecule has 1 aliphatic heterocycles. The van der Waals surface area contributed by atoms with Crippen molar-refractivity contribution in [3.05, 3.63) is 36.4 Å². The molecule has 0 aliphatic carbocycles. The third-order valence-corrected chi connectivity index (χ3v) is 3.69. The minimum absolute atomic E-state index is 0.211. The molecular weight excluding hydrogens is 252 g/mol. The summed E-state index contributed by atoms with van der Waals surface area (Å²) in [5.41, 5.74) is 7.84. The quantitative estimate of drug-likeness (QED) is 0.521. The van der Waals surface area contributed by atoms with E-state index < -0.39 is 0 Å². The maximum absolute atomic E-state index is 12.2. The zero-order valence-corrected chi connectivity index (χ0v) is 12.0. The molecule has 1 aromatic rings. The van der Waals surface area contributed by atoms with Crippen LogP contribution in [0, 0.1) is 0 Å². The summed E-state index contributed by atoms with van der Waals surface area (Å²) in [6.07, 6.45) is 5.09. The van der Waals surface area contributed by atoms with Crippen molar-refractivity contribution in [2.24, 2.45) is 0 Å². The molecule has 0 unspecified atom stereocenters. The standard InChI is InChI=1S/C16H22N2O2/c1-3-10-20-16(19)14-11-13(17)7-8-15(14)18-9-5-4-6-12(18)2/h3,7-8,11-12H,1,4-6,9-10,17H2,2H3/t12-/m0/s1. The molecule has 0 aromatic heterocycles. The minimum atomic E-state index is -0.343. The van der Waals surface area contributed by atoms with Crippen molar-refractivity contribution in [3.8, 4) is 0 Å². The van der Waals surface area contributed by atoms with Crippen LogP contribution in [0.15, 0.2) is 30.9 Å². The normalized spacial score (nSPS) is 18.6. The van der Waals surface area contributed by atoms with E-state index >= 15 is 0 Å². The van der Waals surface area contributed by atoms with Crippen LogP contribution in [0.2, 0.25) is 0 Å². The summed E-state index contributed by atoms with van der Waals surface area (Å²) in [5.74, 6) is -0.343. The van der Waals surface area contributed by atoms with E-state index in [4.69, 9.17) is 10.5 Å². The number of nitrogen functional groups attached to an aromatic ring is 1. The van der Waals surface area contributed by atoms with Gasteiger partial charge >= 0.3 is 5.97 Å². The highest BCUT2D eigenvalue weighted by Crippen LogP contribution is 2.29. The zero-order chi connectivity index (χ0) is 14.5. The predicted octanol–water partition coefficient (Wildman–Crippen LogP) is 2.99. The van der Waals surface area contributed by atoms with Gasteiger partial charge in [-0.3, -0.25) is 0 Å². The Morgan fingerprint density at radius 2 is 2.35 bits per heavy atom. The molecule has 0 spiro atoms. The molecule has 1 atom stereocenters. The van der Waals surface area contributed by atoms with Crippen molar-refractivity contribution in [2.45, 2.75) is 32.2 Å². The second kappa shape index (κ2) is 6.46. The SMILES string of the molecule is C=CCOC(=O)c1cc(N)ccc1N1CCCC[C@@H]1C. The molecule has 0 radical (unpaired) electrons. The van der Waals surface area contributed by atoms with Gasteiger partial charge < -0.3 is 15.4 Å². The molecule has 0 bridgehead atoms. The molecular formula is C16H22N2O2. The van der Waals surface area contributed by atoms with Crippen molar-refractivity contribution in [2.75, 3.05) is 23.8 Å². The first-order valence-electron chi connectivity index (χ1n) is 7.07. The summed E-state index contributed by atoms with van der Waals surface area (Å²) in [5, 5.41) is 0. The summed E-state index contributed by atoms with van der Waals surface area (Å²) >= 11 is 0. The first-order valence-corrected chi connectivity index (χ1v) is 7.07. The monoisotopic (exact) mass is 274 g/mol. The first-order chi connectivity index (χ1) is 9.63. The van der Waals surface area contributed by atoms with Gasteiger partial charge in [0.2, 0.25) is 0 Å². The third-order valence-electron chi connectivity index (χ3n) is 3.69. The second-order valence-electron chi connectivity index (χ2n) is 5.20. The van der Waals surface area contributed by atoms with Crippen LogP contribution in [0.1, 0.15) is 36.5 Å². The average Bonchev–Trinajstić information content (AvgIpc) is 2.45. The van der Waals surface area contributed by atoms with Crippen LogP contribution < -0.4 is 10.6 Å². The fraction of sp³-hybridized carbons (Fsp3) is 0.438. The zero-order valence-electron chi connectivity index (χ0n) is 12.0. The topological polar surface area (TPSA) is 55.6 Å². The summed E-state index contributed by atoms with van der Waals surface area (Å²) in [6, 6.07) is 5.88. The number of piperidine rings is 1. The van der Waals surface area contributed by atoms with Crippen LogP contribution in [0.4, 0.5) is 11.4 Å². The van der Waals surface area contributed by atoms with E-state index in [1.54, 1.807) is 12.1 Å². The van der Waals surface area contributed by atoms with Crippen molar-refractivity contribution < 1.29 is 9.53 Å². The van der Waals surface area contributed by atoms with Gasteiger partial charge in [-0.1, -0.05) is 12.7 Å². The molecule has 0 amide bonds. The lowest BCUT2D eigenvalue weighted by Gasteiger charge is -2.36. The highest BCUT2D eigenvalue weighted by atomic mass is 16.5. The summed E-state index contributed by atoms with van der Waals surface area (Å²) in [4.78, 5) is 14.4. The van der Waals surface area contributed by atoms with Gasteiger partial charge in [-0.15, -0.1) is 0 Å². The van der Waals surface area contributed by atoms with Crippen molar-refractivity contribution in [1.82, 2.24) is 0 Å². The van der Waals surface area contributed by atoms with Gasteiger partial charge in [-0.25, -0.2) is 4.79 Å².